The molecular weight excluding hydrogens is 1250 g/mol. The predicted molar refractivity (Wildman–Crippen MR) is 386 cm³/mol. The van der Waals surface area contributed by atoms with Crippen molar-refractivity contribution in [3.05, 3.63) is 0 Å². The zero-order chi connectivity index (χ0) is 70.0. The van der Waals surface area contributed by atoms with Gasteiger partial charge in [-0.2, -0.15) is 0 Å². The summed E-state index contributed by atoms with van der Waals surface area (Å²) < 4.78 is 68.5. The van der Waals surface area contributed by atoms with Gasteiger partial charge in [-0.3, -0.25) is 37.3 Å². The monoisotopic (exact) mass is 1400 g/mol. The molecule has 0 amide bonds. The maximum atomic E-state index is 13.1. The van der Waals surface area contributed by atoms with Crippen molar-refractivity contribution in [3.63, 3.8) is 0 Å². The molecule has 0 spiro atoms. The highest BCUT2D eigenvalue weighted by Gasteiger charge is 2.30. The number of aliphatic hydroxyl groups is 1. The first-order valence-corrected chi connectivity index (χ1v) is 42.6. The molecule has 7 atom stereocenters. The molecule has 0 rings (SSSR count). The number of unbranched alkanes of at least 4 members (excludes halogenated alkanes) is 43. The summed E-state index contributed by atoms with van der Waals surface area (Å²) in [6.07, 6.45) is 55.6. The quantitative estimate of drug-likeness (QED) is 0.0222. The molecular formula is C76H148O17P2. The van der Waals surface area contributed by atoms with Gasteiger partial charge in [0, 0.05) is 25.7 Å². The van der Waals surface area contributed by atoms with Crippen LogP contribution in [0.2, 0.25) is 0 Å². The predicted octanol–water partition coefficient (Wildman–Crippen LogP) is 22.3. The topological polar surface area (TPSA) is 237 Å². The highest BCUT2D eigenvalue weighted by atomic mass is 31.2. The normalized spacial score (nSPS) is 14.6. The Labute approximate surface area is 581 Å². The lowest BCUT2D eigenvalue weighted by Gasteiger charge is -2.21. The van der Waals surface area contributed by atoms with Gasteiger partial charge in [0.15, 0.2) is 12.2 Å². The van der Waals surface area contributed by atoms with Crippen LogP contribution in [0, 0.1) is 11.8 Å². The number of hydrogen-bond acceptors (Lipinski definition) is 15. The molecule has 0 saturated carbocycles. The Morgan fingerprint density at radius 3 is 0.747 bits per heavy atom. The fourth-order valence-corrected chi connectivity index (χ4v) is 13.2. The third-order valence-electron chi connectivity index (χ3n) is 18.4. The van der Waals surface area contributed by atoms with E-state index < -0.39 is 97.5 Å². The molecule has 0 fully saturated rings. The molecule has 17 nitrogen and oxygen atoms in total. The second kappa shape index (κ2) is 67.9. The summed E-state index contributed by atoms with van der Waals surface area (Å²) in [5.41, 5.74) is 0. The van der Waals surface area contributed by atoms with E-state index in [2.05, 4.69) is 41.5 Å². The van der Waals surface area contributed by atoms with E-state index in [9.17, 15) is 43.2 Å². The van der Waals surface area contributed by atoms with Gasteiger partial charge in [0.25, 0.3) is 0 Å². The summed E-state index contributed by atoms with van der Waals surface area (Å²) in [5, 5.41) is 10.6. The second-order valence-electron chi connectivity index (χ2n) is 27.9. The molecule has 0 saturated heterocycles. The third kappa shape index (κ3) is 67.6. The van der Waals surface area contributed by atoms with Crippen molar-refractivity contribution in [2.75, 3.05) is 39.6 Å². The van der Waals surface area contributed by atoms with Gasteiger partial charge >= 0.3 is 39.5 Å². The maximum absolute atomic E-state index is 13.1. The SMILES string of the molecule is CCCCCCCCCCCCCCCCCCCCCCCC(=O)O[C@H](COC(=O)CCCCCCCCCCCCC(C)CC)COP(=O)(O)OC[C@@H](O)COP(=O)(O)OC[C@@H](COC(=O)CCCCCCCCCCCC)OC(=O)CCCCCCCCC(C)CC. The highest BCUT2D eigenvalue weighted by molar-refractivity contribution is 7.47. The van der Waals surface area contributed by atoms with Crippen molar-refractivity contribution in [1.82, 2.24) is 0 Å². The number of phosphoric ester groups is 2. The van der Waals surface area contributed by atoms with Crippen LogP contribution in [0.15, 0.2) is 0 Å². The van der Waals surface area contributed by atoms with Gasteiger partial charge in [-0.15, -0.1) is 0 Å². The van der Waals surface area contributed by atoms with E-state index in [0.29, 0.717) is 25.7 Å². The van der Waals surface area contributed by atoms with Crippen molar-refractivity contribution in [2.45, 2.75) is 413 Å². The number of rotatable bonds is 75. The third-order valence-corrected chi connectivity index (χ3v) is 20.3. The molecule has 0 aliphatic heterocycles. The number of esters is 4. The Morgan fingerprint density at radius 1 is 0.295 bits per heavy atom. The number of ether oxygens (including phenoxy) is 4. The molecule has 0 aliphatic rings. The average Bonchev–Trinajstić information content (AvgIpc) is 2.48. The minimum atomic E-state index is -4.96. The molecule has 0 aromatic heterocycles. The van der Waals surface area contributed by atoms with Crippen molar-refractivity contribution in [1.29, 1.82) is 0 Å². The molecule has 4 unspecified atom stereocenters. The first-order valence-electron chi connectivity index (χ1n) is 39.6. The van der Waals surface area contributed by atoms with E-state index in [0.717, 1.165) is 102 Å². The summed E-state index contributed by atoms with van der Waals surface area (Å²) in [5.74, 6) is -0.590. The molecule has 19 heteroatoms. The van der Waals surface area contributed by atoms with Crippen LogP contribution in [-0.4, -0.2) is 96.7 Å². The zero-order valence-corrected chi connectivity index (χ0v) is 63.8. The van der Waals surface area contributed by atoms with Crippen LogP contribution in [0.1, 0.15) is 395 Å². The van der Waals surface area contributed by atoms with Crippen LogP contribution in [0.4, 0.5) is 0 Å². The van der Waals surface area contributed by atoms with Gasteiger partial charge in [0.1, 0.15) is 19.3 Å². The minimum absolute atomic E-state index is 0.103. The molecule has 0 aromatic carbocycles. The van der Waals surface area contributed by atoms with Gasteiger partial charge < -0.3 is 33.8 Å². The summed E-state index contributed by atoms with van der Waals surface area (Å²) in [4.78, 5) is 72.7. The largest absolute Gasteiger partial charge is 0.472 e. The van der Waals surface area contributed by atoms with Gasteiger partial charge in [-0.1, -0.05) is 343 Å². The first kappa shape index (κ1) is 93.1. The van der Waals surface area contributed by atoms with Crippen LogP contribution >= 0.6 is 15.6 Å². The van der Waals surface area contributed by atoms with Crippen LogP contribution in [0.3, 0.4) is 0 Å². The number of aliphatic hydroxyl groups excluding tert-OH is 1. The van der Waals surface area contributed by atoms with E-state index >= 15 is 0 Å². The molecule has 0 radical (unpaired) electrons. The Kier molecular flexibility index (Phi) is 66.5. The Balaban J connectivity index is 5.20. The lowest BCUT2D eigenvalue weighted by Crippen LogP contribution is -2.30. The molecule has 3 N–H and O–H groups in total. The van der Waals surface area contributed by atoms with Crippen molar-refractivity contribution in [3.8, 4) is 0 Å². The van der Waals surface area contributed by atoms with E-state index in [1.807, 2.05) is 0 Å². The Morgan fingerprint density at radius 2 is 0.505 bits per heavy atom. The molecule has 95 heavy (non-hydrogen) atoms. The van der Waals surface area contributed by atoms with Crippen molar-refractivity contribution >= 4 is 39.5 Å². The standard InChI is InChI=1S/C76H148O17P2/c1-7-11-13-15-17-19-21-22-23-24-25-26-27-28-29-30-31-37-41-48-54-60-75(80)92-71(64-86-74(79)59-53-47-40-36-33-32-34-38-44-50-56-68(5)9-3)66-90-94(82,83)88-62-70(77)63-89-95(84,85)91-67-72(93-76(81)61-55-49-43-42-45-51-57-69(6)10-4)65-87-73(78)58-52-46-39-35-20-18-16-14-12-8-2/h68-72,77H,7-67H2,1-6H3,(H,82,83)(H,84,85)/t68?,69?,70-,71-,72-/m1/s1. The smallest absolute Gasteiger partial charge is 0.462 e. The summed E-state index contributed by atoms with van der Waals surface area (Å²) in [6, 6.07) is 0. The minimum Gasteiger partial charge on any atom is -0.462 e. The fourth-order valence-electron chi connectivity index (χ4n) is 11.6. The van der Waals surface area contributed by atoms with E-state index in [-0.39, 0.29) is 25.7 Å². The van der Waals surface area contributed by atoms with Gasteiger partial charge in [0.05, 0.1) is 26.4 Å². The summed E-state index contributed by atoms with van der Waals surface area (Å²) in [7, 11) is -9.91. The average molecular weight is 1400 g/mol. The van der Waals surface area contributed by atoms with Crippen LogP contribution in [0.25, 0.3) is 0 Å². The maximum Gasteiger partial charge on any atom is 0.472 e. The molecule has 564 valence electrons. The van der Waals surface area contributed by atoms with Crippen LogP contribution in [0.5, 0.6) is 0 Å². The van der Waals surface area contributed by atoms with Crippen molar-refractivity contribution in [2.24, 2.45) is 11.8 Å². The second-order valence-corrected chi connectivity index (χ2v) is 30.8. The number of carbonyl (C=O) groups is 4. The first-order chi connectivity index (χ1) is 45.9. The van der Waals surface area contributed by atoms with Gasteiger partial charge in [0.2, 0.25) is 0 Å². The Hall–Kier alpha value is -1.94. The molecule has 0 heterocycles. The Bertz CT molecular complexity index is 1840. The fraction of sp³-hybridized carbons (Fsp3) is 0.947. The van der Waals surface area contributed by atoms with Crippen molar-refractivity contribution < 1.29 is 80.2 Å². The number of hydrogen-bond donors (Lipinski definition) is 3. The molecule has 0 bridgehead atoms. The number of carbonyl (C=O) groups excluding carboxylic acids is 4. The van der Waals surface area contributed by atoms with E-state index in [1.54, 1.807) is 0 Å². The zero-order valence-electron chi connectivity index (χ0n) is 62.0. The molecule has 0 aromatic rings. The highest BCUT2D eigenvalue weighted by Crippen LogP contribution is 2.45. The van der Waals surface area contributed by atoms with Crippen LogP contribution < -0.4 is 0 Å². The van der Waals surface area contributed by atoms with Gasteiger partial charge in [-0.05, 0) is 37.5 Å². The lowest BCUT2D eigenvalue weighted by atomic mass is 9.99. The van der Waals surface area contributed by atoms with E-state index in [1.165, 1.54) is 212 Å². The number of phosphoric acid groups is 2. The lowest BCUT2D eigenvalue weighted by molar-refractivity contribution is -0.161. The summed E-state index contributed by atoms with van der Waals surface area (Å²) in [6.45, 7) is 9.56. The summed E-state index contributed by atoms with van der Waals surface area (Å²) >= 11 is 0. The van der Waals surface area contributed by atoms with Crippen LogP contribution in [-0.2, 0) is 65.4 Å². The van der Waals surface area contributed by atoms with E-state index in [4.69, 9.17) is 37.0 Å². The van der Waals surface area contributed by atoms with Gasteiger partial charge in [-0.25, -0.2) is 9.13 Å². The molecule has 0 aliphatic carbocycles.